The molecule has 0 aromatic heterocycles. The van der Waals surface area contributed by atoms with E-state index in [1.807, 2.05) is 0 Å². The molecule has 324 valence electrons. The summed E-state index contributed by atoms with van der Waals surface area (Å²) in [7, 11) is 0. The molecule has 8 aliphatic carbocycles. The van der Waals surface area contributed by atoms with Crippen LogP contribution in [0, 0.1) is 35.5 Å². The number of alkyl carbamates (subject to hydrolysis) is 2. The van der Waals surface area contributed by atoms with Gasteiger partial charge in [-0.05, 0) is 113 Å². The quantitative estimate of drug-likeness (QED) is 0.0439. The molecule has 3 N–H and O–H groups in total. The first-order chi connectivity index (χ1) is 27.6. The number of aliphatic carboxylic acids is 1. The molecule has 8 saturated carbocycles. The van der Waals surface area contributed by atoms with Gasteiger partial charge in [-0.1, -0.05) is 0 Å². The van der Waals surface area contributed by atoms with Crippen LogP contribution in [0.15, 0.2) is 0 Å². The number of carbonyl (C=O) groups excluding carboxylic acids is 3. The Balaban J connectivity index is 0.709. The number of carbonyl (C=O) groups is 4. The Kier molecular flexibility index (Phi) is 16.9. The number of carboxylic acid groups (broad SMARTS) is 1. The van der Waals surface area contributed by atoms with E-state index in [1.165, 1.54) is 38.5 Å². The Bertz CT molecular complexity index is 1230. The Labute approximate surface area is 336 Å². The summed E-state index contributed by atoms with van der Waals surface area (Å²) in [6.07, 6.45) is 12.6. The van der Waals surface area contributed by atoms with Crippen molar-refractivity contribution in [2.75, 3.05) is 92.5 Å². The van der Waals surface area contributed by atoms with E-state index in [4.69, 9.17) is 47.7 Å². The van der Waals surface area contributed by atoms with Gasteiger partial charge in [0.15, 0.2) is 0 Å². The lowest BCUT2D eigenvalue weighted by Crippen LogP contribution is -2.60. The molecular formula is C41H66N2O14. The van der Waals surface area contributed by atoms with Gasteiger partial charge in [-0.25, -0.2) is 9.59 Å². The number of amides is 2. The van der Waals surface area contributed by atoms with Gasteiger partial charge in [0.05, 0.1) is 79.3 Å². The summed E-state index contributed by atoms with van der Waals surface area (Å²) < 4.78 is 49.4. The lowest BCUT2D eigenvalue weighted by Gasteiger charge is -2.56. The molecule has 57 heavy (non-hydrogen) atoms. The summed E-state index contributed by atoms with van der Waals surface area (Å²) in [4.78, 5) is 47.8. The van der Waals surface area contributed by atoms with E-state index >= 15 is 0 Å². The number of nitrogens with one attached hydrogen (secondary N) is 2. The van der Waals surface area contributed by atoms with Gasteiger partial charge < -0.3 is 58.4 Å². The Morgan fingerprint density at radius 3 is 1.19 bits per heavy atom. The minimum Gasteiger partial charge on any atom is -0.481 e. The fourth-order valence-electron chi connectivity index (χ4n) is 11.4. The van der Waals surface area contributed by atoms with Crippen molar-refractivity contribution in [3.05, 3.63) is 0 Å². The minimum absolute atomic E-state index is 0.0543. The molecule has 0 spiro atoms. The number of rotatable bonds is 28. The van der Waals surface area contributed by atoms with Gasteiger partial charge >= 0.3 is 24.1 Å². The van der Waals surface area contributed by atoms with E-state index in [0.717, 1.165) is 74.0 Å². The predicted octanol–water partition coefficient (Wildman–Crippen LogP) is 4.25. The Hall–Kier alpha value is -2.76. The van der Waals surface area contributed by atoms with Crippen LogP contribution in [0.4, 0.5) is 9.59 Å². The third-order valence-electron chi connectivity index (χ3n) is 12.7. The van der Waals surface area contributed by atoms with Crippen molar-refractivity contribution in [3.8, 4) is 0 Å². The minimum atomic E-state index is -1.27. The highest BCUT2D eigenvalue weighted by Crippen LogP contribution is 2.56. The maximum atomic E-state index is 12.4. The third kappa shape index (κ3) is 14.5. The second-order valence-corrected chi connectivity index (χ2v) is 17.5. The van der Waals surface area contributed by atoms with E-state index in [0.29, 0.717) is 46.1 Å². The maximum Gasteiger partial charge on any atom is 0.407 e. The van der Waals surface area contributed by atoms with Gasteiger partial charge in [0, 0.05) is 17.5 Å². The number of ether oxygens (including phenoxy) is 9. The Morgan fingerprint density at radius 1 is 0.491 bits per heavy atom. The fourth-order valence-corrected chi connectivity index (χ4v) is 11.4. The van der Waals surface area contributed by atoms with Crippen molar-refractivity contribution in [2.45, 2.75) is 107 Å². The molecule has 1 unspecified atom stereocenters. The van der Waals surface area contributed by atoms with Crippen LogP contribution >= 0.6 is 0 Å². The van der Waals surface area contributed by atoms with E-state index in [1.54, 1.807) is 0 Å². The summed E-state index contributed by atoms with van der Waals surface area (Å²) in [5.41, 5.74) is -0.140. The summed E-state index contributed by atoms with van der Waals surface area (Å²) >= 11 is 0. The summed E-state index contributed by atoms with van der Waals surface area (Å²) in [5.74, 6) is 2.38. The molecule has 16 nitrogen and oxygen atoms in total. The highest BCUT2D eigenvalue weighted by atomic mass is 16.6. The van der Waals surface area contributed by atoms with Crippen LogP contribution in [0.2, 0.25) is 0 Å². The lowest BCUT2D eigenvalue weighted by molar-refractivity contribution is -0.158. The number of esters is 1. The van der Waals surface area contributed by atoms with Gasteiger partial charge in [0.1, 0.15) is 25.7 Å². The third-order valence-corrected chi connectivity index (χ3v) is 12.7. The van der Waals surface area contributed by atoms with E-state index in [-0.39, 0.29) is 76.1 Å². The number of hydrogen-bond donors (Lipinski definition) is 3. The SMILES string of the molecule is O=C(O)CC(=O)OC(CCOCCOCCOCCOC(=O)NC12CC3CC(CC(C3)C1)C2)COCCOCCOCCOC(=O)NC12CC3CC(CC(C3)C1)C2. The monoisotopic (exact) mass is 810 g/mol. The predicted molar refractivity (Wildman–Crippen MR) is 202 cm³/mol. The van der Waals surface area contributed by atoms with Crippen LogP contribution in [-0.4, -0.2) is 139 Å². The van der Waals surface area contributed by atoms with Crippen LogP contribution < -0.4 is 10.6 Å². The maximum absolute atomic E-state index is 12.4. The van der Waals surface area contributed by atoms with Gasteiger partial charge in [0.25, 0.3) is 0 Å². The first kappa shape index (κ1) is 43.8. The van der Waals surface area contributed by atoms with Crippen molar-refractivity contribution in [1.29, 1.82) is 0 Å². The lowest BCUT2D eigenvalue weighted by atomic mass is 9.53. The van der Waals surface area contributed by atoms with Crippen molar-refractivity contribution in [3.63, 3.8) is 0 Å². The summed E-state index contributed by atoms with van der Waals surface area (Å²) in [5, 5.41) is 15.3. The molecule has 0 radical (unpaired) electrons. The molecule has 8 aliphatic rings. The van der Waals surface area contributed by atoms with Gasteiger partial charge in [0.2, 0.25) is 0 Å². The largest absolute Gasteiger partial charge is 0.481 e. The molecule has 0 aliphatic heterocycles. The normalized spacial score (nSPS) is 30.9. The molecule has 16 heteroatoms. The van der Waals surface area contributed by atoms with E-state index in [2.05, 4.69) is 10.6 Å². The average molecular weight is 811 g/mol. The van der Waals surface area contributed by atoms with Crippen LogP contribution in [0.3, 0.4) is 0 Å². The first-order valence-electron chi connectivity index (χ1n) is 21.4. The highest BCUT2D eigenvalue weighted by Gasteiger charge is 2.53. The molecule has 8 rings (SSSR count). The second-order valence-electron chi connectivity index (χ2n) is 17.5. The molecule has 0 aromatic carbocycles. The van der Waals surface area contributed by atoms with Crippen LogP contribution in [-0.2, 0) is 52.2 Å². The molecular weight excluding hydrogens is 744 g/mol. The van der Waals surface area contributed by atoms with E-state index < -0.39 is 24.5 Å². The van der Waals surface area contributed by atoms with Crippen molar-refractivity contribution >= 4 is 24.1 Å². The second kappa shape index (κ2) is 22.0. The standard InChI is InChI=1S/C41H66N2O14/c44-36(45)21-37(46)57-35(28-54-10-9-51-6-8-53-12-14-56-39(48)43-41-25-32-18-33(26-41)20-34(19-32)27-41)1-2-49-3-4-50-5-7-52-11-13-55-38(47)42-40-22-29-15-30(23-40)17-31(16-29)24-40/h29-35H,1-28H2,(H,42,47)(H,43,48)(H,44,45). The first-order valence-corrected chi connectivity index (χ1v) is 21.4. The Morgan fingerprint density at radius 2 is 0.825 bits per heavy atom. The van der Waals surface area contributed by atoms with Crippen LogP contribution in [0.5, 0.6) is 0 Å². The zero-order valence-corrected chi connectivity index (χ0v) is 33.6. The molecule has 1 atom stereocenters. The van der Waals surface area contributed by atoms with Crippen molar-refractivity contribution in [2.24, 2.45) is 35.5 Å². The summed E-state index contributed by atoms with van der Waals surface area (Å²) in [6.45, 7) is 3.76. The van der Waals surface area contributed by atoms with Gasteiger partial charge in [-0.15, -0.1) is 0 Å². The molecule has 0 aromatic rings. The fraction of sp³-hybridized carbons (Fsp3) is 0.902. The molecule has 0 heterocycles. The molecule has 2 amide bonds. The molecule has 0 saturated heterocycles. The van der Waals surface area contributed by atoms with Crippen molar-refractivity contribution in [1.82, 2.24) is 10.6 Å². The smallest absolute Gasteiger partial charge is 0.407 e. The topological polar surface area (TPSA) is 196 Å². The van der Waals surface area contributed by atoms with Gasteiger partial charge in [-0.2, -0.15) is 0 Å². The number of hydrogen-bond acceptors (Lipinski definition) is 13. The number of carboxylic acids is 1. The van der Waals surface area contributed by atoms with E-state index in [9.17, 15) is 19.2 Å². The van der Waals surface area contributed by atoms with Crippen LogP contribution in [0.1, 0.15) is 89.9 Å². The molecule has 8 fully saturated rings. The van der Waals surface area contributed by atoms with Crippen LogP contribution in [0.25, 0.3) is 0 Å². The zero-order chi connectivity index (χ0) is 39.9. The van der Waals surface area contributed by atoms with Crippen molar-refractivity contribution < 1.29 is 66.9 Å². The average Bonchev–Trinajstić information content (AvgIpc) is 3.12. The molecule has 8 bridgehead atoms. The zero-order valence-electron chi connectivity index (χ0n) is 33.6. The van der Waals surface area contributed by atoms with Gasteiger partial charge in [-0.3, -0.25) is 9.59 Å². The highest BCUT2D eigenvalue weighted by molar-refractivity contribution is 5.90. The summed E-state index contributed by atoms with van der Waals surface area (Å²) in [6, 6.07) is 0.